The summed E-state index contributed by atoms with van der Waals surface area (Å²) < 4.78 is 0.383. The topological polar surface area (TPSA) is 127 Å². The Hall–Kier alpha value is -2.36. The van der Waals surface area contributed by atoms with E-state index < -0.39 is 10.8 Å². The highest BCUT2D eigenvalue weighted by atomic mass is 79.9. The molecule has 0 fully saturated rings. The number of halogens is 1. The van der Waals surface area contributed by atoms with Gasteiger partial charge in [0.15, 0.2) is 0 Å². The molecule has 0 atom stereocenters. The first-order chi connectivity index (χ1) is 8.58. The van der Waals surface area contributed by atoms with Crippen molar-refractivity contribution >= 4 is 33.2 Å². The first-order valence-electron chi connectivity index (χ1n) is 4.56. The van der Waals surface area contributed by atoms with Gasteiger partial charge in [0.2, 0.25) is 0 Å². The number of hydrogen-bond acceptors (Lipinski definition) is 6. The van der Waals surface area contributed by atoms with Crippen LogP contribution in [0, 0.1) is 10.1 Å². The molecule has 10 heteroatoms. The molecule has 2 rings (SSSR count). The number of carbonyl (C=O) groups is 1. The fourth-order valence-electron chi connectivity index (χ4n) is 1.16. The maximum Gasteiger partial charge on any atom is 0.297 e. The summed E-state index contributed by atoms with van der Waals surface area (Å²) in [5, 5.41) is 25.4. The lowest BCUT2D eigenvalue weighted by molar-refractivity contribution is -0.384. The number of amides is 1. The number of anilines is 1. The van der Waals surface area contributed by atoms with E-state index in [0.29, 0.717) is 10.2 Å². The number of nitrogens with zero attached hydrogens (tertiary/aromatic N) is 4. The van der Waals surface area contributed by atoms with Gasteiger partial charge in [0.1, 0.15) is 0 Å². The summed E-state index contributed by atoms with van der Waals surface area (Å²) in [5.74, 6) is -0.696. The fraction of sp³-hybridized carbons (Fsp3) is 0. The first kappa shape index (κ1) is 12.1. The van der Waals surface area contributed by atoms with E-state index in [1.165, 1.54) is 18.2 Å². The van der Waals surface area contributed by atoms with Gasteiger partial charge in [0, 0.05) is 16.6 Å². The highest BCUT2D eigenvalue weighted by molar-refractivity contribution is 9.10. The van der Waals surface area contributed by atoms with Crippen molar-refractivity contribution in [3.63, 3.8) is 0 Å². The maximum absolute atomic E-state index is 11.6. The van der Waals surface area contributed by atoms with Crippen LogP contribution in [0.4, 0.5) is 11.4 Å². The maximum atomic E-state index is 11.6. The van der Waals surface area contributed by atoms with Crippen LogP contribution in [0.5, 0.6) is 0 Å². The Morgan fingerprint density at radius 2 is 2.28 bits per heavy atom. The van der Waals surface area contributed by atoms with Crippen LogP contribution in [-0.2, 0) is 0 Å². The molecule has 9 nitrogen and oxygen atoms in total. The van der Waals surface area contributed by atoms with Crippen LogP contribution in [0.3, 0.4) is 0 Å². The van der Waals surface area contributed by atoms with E-state index >= 15 is 0 Å². The average molecular weight is 313 g/mol. The monoisotopic (exact) mass is 312 g/mol. The van der Waals surface area contributed by atoms with Gasteiger partial charge in [0.25, 0.3) is 17.4 Å². The van der Waals surface area contributed by atoms with Gasteiger partial charge in [-0.15, -0.1) is 10.2 Å². The van der Waals surface area contributed by atoms with Crippen molar-refractivity contribution in [2.45, 2.75) is 0 Å². The Morgan fingerprint density at radius 3 is 2.83 bits per heavy atom. The average Bonchev–Trinajstić information content (AvgIpc) is 2.85. The number of carbonyl (C=O) groups excluding carboxylic acids is 1. The van der Waals surface area contributed by atoms with Crippen molar-refractivity contribution in [3.05, 3.63) is 38.6 Å². The molecule has 0 spiro atoms. The summed E-state index contributed by atoms with van der Waals surface area (Å²) in [7, 11) is 0. The largest absolute Gasteiger partial charge is 0.318 e. The lowest BCUT2D eigenvalue weighted by atomic mass is 10.3. The number of benzene rings is 1. The van der Waals surface area contributed by atoms with Crippen molar-refractivity contribution in [2.75, 3.05) is 5.32 Å². The molecule has 1 aromatic carbocycles. The van der Waals surface area contributed by atoms with Gasteiger partial charge >= 0.3 is 0 Å². The van der Waals surface area contributed by atoms with E-state index in [1.54, 1.807) is 0 Å². The second kappa shape index (κ2) is 4.87. The molecule has 0 saturated carbocycles. The molecule has 0 aliphatic heterocycles. The number of nitro groups is 1. The van der Waals surface area contributed by atoms with Crippen LogP contribution >= 0.6 is 15.9 Å². The van der Waals surface area contributed by atoms with Gasteiger partial charge in [0.05, 0.1) is 10.6 Å². The van der Waals surface area contributed by atoms with Crippen LogP contribution in [0.15, 0.2) is 22.7 Å². The van der Waals surface area contributed by atoms with Crippen LogP contribution in [0.25, 0.3) is 0 Å². The Morgan fingerprint density at radius 1 is 1.50 bits per heavy atom. The van der Waals surface area contributed by atoms with Gasteiger partial charge < -0.3 is 5.32 Å². The fourth-order valence-corrected chi connectivity index (χ4v) is 1.62. The summed E-state index contributed by atoms with van der Waals surface area (Å²) in [6.45, 7) is 0. The van der Waals surface area contributed by atoms with Crippen molar-refractivity contribution in [2.24, 2.45) is 0 Å². The Balaban J connectivity index is 2.20. The van der Waals surface area contributed by atoms with E-state index in [-0.39, 0.29) is 11.5 Å². The molecule has 1 heterocycles. The number of tetrazole rings is 1. The van der Waals surface area contributed by atoms with Gasteiger partial charge in [-0.05, 0) is 27.2 Å². The standard InChI is InChI=1S/C8H5BrN6O3/c9-5-3-4(15(17)18)1-2-6(5)10-8(16)7-11-13-14-12-7/h1-3H,(H,10,16)(H,11,12,13,14). The quantitative estimate of drug-likeness (QED) is 0.646. The number of rotatable bonds is 3. The van der Waals surface area contributed by atoms with Crippen molar-refractivity contribution in [1.29, 1.82) is 0 Å². The van der Waals surface area contributed by atoms with Crippen LogP contribution < -0.4 is 5.32 Å². The van der Waals surface area contributed by atoms with E-state index in [4.69, 9.17) is 0 Å². The third kappa shape index (κ3) is 2.48. The number of non-ortho nitro benzene ring substituents is 1. The lowest BCUT2D eigenvalue weighted by Crippen LogP contribution is -2.14. The van der Waals surface area contributed by atoms with Crippen molar-refractivity contribution in [3.8, 4) is 0 Å². The molecule has 92 valence electrons. The highest BCUT2D eigenvalue weighted by Crippen LogP contribution is 2.27. The molecule has 0 saturated heterocycles. The number of aromatic amines is 1. The highest BCUT2D eigenvalue weighted by Gasteiger charge is 2.14. The van der Waals surface area contributed by atoms with Gasteiger partial charge in [-0.1, -0.05) is 0 Å². The van der Waals surface area contributed by atoms with Gasteiger partial charge in [-0.3, -0.25) is 14.9 Å². The summed E-state index contributed by atoms with van der Waals surface area (Å²) in [5.41, 5.74) is 0.287. The smallest absolute Gasteiger partial charge is 0.297 e. The zero-order chi connectivity index (χ0) is 13.1. The number of aromatic nitrogens is 4. The Bertz CT molecular complexity index is 599. The number of H-pyrrole nitrogens is 1. The molecule has 0 aliphatic carbocycles. The molecule has 18 heavy (non-hydrogen) atoms. The molecule has 2 N–H and O–H groups in total. The molecule has 1 aromatic heterocycles. The van der Waals surface area contributed by atoms with E-state index in [1.807, 2.05) is 0 Å². The first-order valence-corrected chi connectivity index (χ1v) is 5.36. The van der Waals surface area contributed by atoms with E-state index in [0.717, 1.165) is 0 Å². The SMILES string of the molecule is O=C(Nc1ccc([N+](=O)[O-])cc1Br)c1nn[nH]n1. The Kier molecular flexibility index (Phi) is 3.28. The number of nitro benzene ring substituents is 1. The zero-order valence-electron chi connectivity index (χ0n) is 8.62. The molecule has 0 aliphatic rings. The molecule has 0 radical (unpaired) electrons. The molecule has 0 bridgehead atoms. The summed E-state index contributed by atoms with van der Waals surface area (Å²) >= 11 is 3.12. The number of hydrogen-bond donors (Lipinski definition) is 2. The normalized spacial score (nSPS) is 10.1. The summed E-state index contributed by atoms with van der Waals surface area (Å²) in [4.78, 5) is 21.6. The van der Waals surface area contributed by atoms with Gasteiger partial charge in [-0.2, -0.15) is 5.21 Å². The lowest BCUT2D eigenvalue weighted by Gasteiger charge is -2.04. The van der Waals surface area contributed by atoms with Gasteiger partial charge in [-0.25, -0.2) is 0 Å². The van der Waals surface area contributed by atoms with E-state index in [2.05, 4.69) is 41.9 Å². The summed E-state index contributed by atoms with van der Waals surface area (Å²) in [6.07, 6.45) is 0. The van der Waals surface area contributed by atoms with Crippen LogP contribution in [0.1, 0.15) is 10.6 Å². The molecule has 2 aromatic rings. The minimum absolute atomic E-state index is 0.0839. The van der Waals surface area contributed by atoms with Crippen LogP contribution in [0.2, 0.25) is 0 Å². The Labute approximate surface area is 108 Å². The summed E-state index contributed by atoms with van der Waals surface area (Å²) in [6, 6.07) is 3.96. The molecule has 1 amide bonds. The third-order valence-electron chi connectivity index (χ3n) is 1.96. The third-order valence-corrected chi connectivity index (χ3v) is 2.62. The molecule has 0 unspecified atom stereocenters. The minimum atomic E-state index is -0.571. The predicted octanol–water partition coefficient (Wildman–Crippen LogP) is 1.12. The minimum Gasteiger partial charge on any atom is -0.318 e. The van der Waals surface area contributed by atoms with Crippen molar-refractivity contribution < 1.29 is 9.72 Å². The molecular weight excluding hydrogens is 308 g/mol. The van der Waals surface area contributed by atoms with Crippen molar-refractivity contribution in [1.82, 2.24) is 20.6 Å². The zero-order valence-corrected chi connectivity index (χ0v) is 10.2. The number of nitrogens with one attached hydrogen (secondary N) is 2. The second-order valence-electron chi connectivity index (χ2n) is 3.11. The predicted molar refractivity (Wildman–Crippen MR) is 62.9 cm³/mol. The second-order valence-corrected chi connectivity index (χ2v) is 3.97. The van der Waals surface area contributed by atoms with Crippen LogP contribution in [-0.4, -0.2) is 31.5 Å². The van der Waals surface area contributed by atoms with E-state index in [9.17, 15) is 14.9 Å². The molecular formula is C8H5BrN6O3.